The van der Waals surface area contributed by atoms with E-state index in [1.807, 2.05) is 0 Å². The Morgan fingerprint density at radius 2 is 1.93 bits per heavy atom. The molecule has 3 aliphatic rings. The number of carboxylic acid groups (broad SMARTS) is 1. The molecule has 4 rings (SSSR count). The number of carboxylic acids is 1. The highest BCUT2D eigenvalue weighted by atomic mass is 19.1. The SMILES string of the molecule is O=C(NC1CCN(c2c(F)cccc2F)C1)N1C[C@@H]2CCC[C@@]2(C(=O)O)C1. The minimum atomic E-state index is -0.817. The Kier molecular flexibility index (Phi) is 4.44. The number of anilines is 1. The van der Waals surface area contributed by atoms with E-state index >= 15 is 0 Å². The Hall–Kier alpha value is -2.38. The van der Waals surface area contributed by atoms with Crippen LogP contribution in [0.5, 0.6) is 0 Å². The summed E-state index contributed by atoms with van der Waals surface area (Å²) in [6, 6.07) is 3.26. The molecular weight excluding hydrogens is 356 g/mol. The highest BCUT2D eigenvalue weighted by molar-refractivity contribution is 5.80. The van der Waals surface area contributed by atoms with Gasteiger partial charge in [-0.25, -0.2) is 13.6 Å². The maximum Gasteiger partial charge on any atom is 0.317 e. The van der Waals surface area contributed by atoms with Crippen LogP contribution in [0, 0.1) is 23.0 Å². The maximum absolute atomic E-state index is 14.0. The number of hydrogen-bond acceptors (Lipinski definition) is 3. The lowest BCUT2D eigenvalue weighted by Crippen LogP contribution is -2.46. The third-order valence-corrected chi connectivity index (χ3v) is 6.35. The molecule has 1 unspecified atom stereocenters. The number of benzene rings is 1. The van der Waals surface area contributed by atoms with E-state index in [1.54, 1.807) is 9.80 Å². The van der Waals surface area contributed by atoms with E-state index in [0.717, 1.165) is 12.8 Å². The van der Waals surface area contributed by atoms with Gasteiger partial charge < -0.3 is 20.2 Å². The van der Waals surface area contributed by atoms with Crippen LogP contribution in [-0.2, 0) is 4.79 Å². The van der Waals surface area contributed by atoms with Crippen molar-refractivity contribution in [1.82, 2.24) is 10.2 Å². The van der Waals surface area contributed by atoms with Crippen molar-refractivity contribution in [3.63, 3.8) is 0 Å². The summed E-state index contributed by atoms with van der Waals surface area (Å²) in [6.45, 7) is 1.46. The molecule has 27 heavy (non-hydrogen) atoms. The van der Waals surface area contributed by atoms with E-state index in [-0.39, 0.29) is 30.2 Å². The Labute approximate surface area is 156 Å². The minimum Gasteiger partial charge on any atom is -0.481 e. The third-order valence-electron chi connectivity index (χ3n) is 6.35. The van der Waals surface area contributed by atoms with Gasteiger partial charge in [-0.2, -0.15) is 0 Å². The van der Waals surface area contributed by atoms with Crippen molar-refractivity contribution in [1.29, 1.82) is 0 Å². The highest BCUT2D eigenvalue weighted by Gasteiger charge is 2.56. The molecule has 0 radical (unpaired) electrons. The first-order valence-electron chi connectivity index (χ1n) is 9.38. The number of fused-ring (bicyclic) bond motifs is 1. The molecule has 0 aromatic heterocycles. The van der Waals surface area contributed by atoms with Crippen LogP contribution in [0.2, 0.25) is 0 Å². The highest BCUT2D eigenvalue weighted by Crippen LogP contribution is 2.48. The fourth-order valence-electron chi connectivity index (χ4n) is 4.93. The predicted octanol–water partition coefficient (Wildman–Crippen LogP) is 2.44. The van der Waals surface area contributed by atoms with Crippen LogP contribution < -0.4 is 10.2 Å². The summed E-state index contributed by atoms with van der Waals surface area (Å²) in [5, 5.41) is 12.5. The minimum absolute atomic E-state index is 0.00772. The Morgan fingerprint density at radius 3 is 2.59 bits per heavy atom. The molecule has 2 amide bonds. The lowest BCUT2D eigenvalue weighted by Gasteiger charge is -2.25. The average Bonchev–Trinajstić information content (AvgIpc) is 3.28. The van der Waals surface area contributed by atoms with Crippen LogP contribution in [0.15, 0.2) is 18.2 Å². The van der Waals surface area contributed by atoms with E-state index < -0.39 is 23.0 Å². The van der Waals surface area contributed by atoms with Crippen molar-refractivity contribution in [2.24, 2.45) is 11.3 Å². The molecule has 1 aromatic rings. The second kappa shape index (κ2) is 6.65. The van der Waals surface area contributed by atoms with Gasteiger partial charge in [0.15, 0.2) is 0 Å². The average molecular weight is 379 g/mol. The normalized spacial score (nSPS) is 29.9. The standard InChI is InChI=1S/C19H23F2N3O3/c20-14-4-1-5-15(21)16(14)23-8-6-13(10-23)22-18(27)24-9-12-3-2-7-19(12,11-24)17(25)26/h1,4-5,12-13H,2-3,6-11H2,(H,22,27)(H,25,26)/t12-,13?,19+/m0/s1. The van der Waals surface area contributed by atoms with Crippen LogP contribution in [0.1, 0.15) is 25.7 Å². The first-order valence-corrected chi connectivity index (χ1v) is 9.38. The van der Waals surface area contributed by atoms with Gasteiger partial charge in [0.1, 0.15) is 17.3 Å². The van der Waals surface area contributed by atoms with Crippen LogP contribution in [-0.4, -0.2) is 54.2 Å². The van der Waals surface area contributed by atoms with Gasteiger partial charge in [0.05, 0.1) is 5.41 Å². The molecule has 0 bridgehead atoms. The Balaban J connectivity index is 1.38. The molecule has 2 heterocycles. The number of carbonyl (C=O) groups is 2. The number of para-hydroxylation sites is 1. The van der Waals surface area contributed by atoms with Crippen LogP contribution in [0.25, 0.3) is 0 Å². The second-order valence-electron chi connectivity index (χ2n) is 7.88. The largest absolute Gasteiger partial charge is 0.481 e. The van der Waals surface area contributed by atoms with Crippen molar-refractivity contribution in [3.8, 4) is 0 Å². The predicted molar refractivity (Wildman–Crippen MR) is 94.5 cm³/mol. The fourth-order valence-corrected chi connectivity index (χ4v) is 4.93. The zero-order chi connectivity index (χ0) is 19.2. The van der Waals surface area contributed by atoms with E-state index in [4.69, 9.17) is 0 Å². The molecule has 3 fully saturated rings. The molecular formula is C19H23F2N3O3. The molecule has 146 valence electrons. The number of halogens is 2. The second-order valence-corrected chi connectivity index (χ2v) is 7.88. The summed E-state index contributed by atoms with van der Waals surface area (Å²) in [4.78, 5) is 27.6. The third kappa shape index (κ3) is 3.00. The van der Waals surface area contributed by atoms with Gasteiger partial charge in [-0.1, -0.05) is 12.5 Å². The van der Waals surface area contributed by atoms with Crippen molar-refractivity contribution < 1.29 is 23.5 Å². The van der Waals surface area contributed by atoms with Crippen LogP contribution in [0.4, 0.5) is 19.3 Å². The fraction of sp³-hybridized carbons (Fsp3) is 0.579. The zero-order valence-corrected chi connectivity index (χ0v) is 15.0. The van der Waals surface area contributed by atoms with E-state index in [1.165, 1.54) is 18.2 Å². The van der Waals surface area contributed by atoms with Crippen molar-refractivity contribution in [2.75, 3.05) is 31.1 Å². The van der Waals surface area contributed by atoms with Crippen LogP contribution in [0.3, 0.4) is 0 Å². The molecule has 3 atom stereocenters. The molecule has 1 saturated carbocycles. The zero-order valence-electron chi connectivity index (χ0n) is 15.0. The number of hydrogen-bond donors (Lipinski definition) is 2. The van der Waals surface area contributed by atoms with Gasteiger partial charge in [-0.15, -0.1) is 0 Å². The van der Waals surface area contributed by atoms with E-state index in [0.29, 0.717) is 32.5 Å². The first kappa shape index (κ1) is 18.0. The number of carbonyl (C=O) groups excluding carboxylic acids is 1. The van der Waals surface area contributed by atoms with Crippen LogP contribution >= 0.6 is 0 Å². The number of amides is 2. The number of nitrogens with zero attached hydrogens (tertiary/aromatic N) is 2. The molecule has 1 aliphatic carbocycles. The number of urea groups is 1. The van der Waals surface area contributed by atoms with Gasteiger partial charge in [-0.3, -0.25) is 4.79 Å². The van der Waals surface area contributed by atoms with Crippen molar-refractivity contribution in [2.45, 2.75) is 31.7 Å². The molecule has 6 nitrogen and oxygen atoms in total. The molecule has 2 N–H and O–H groups in total. The number of likely N-dealkylation sites (tertiary alicyclic amines) is 1. The van der Waals surface area contributed by atoms with Crippen molar-refractivity contribution >= 4 is 17.7 Å². The molecule has 1 aromatic carbocycles. The molecule has 2 aliphatic heterocycles. The Morgan fingerprint density at radius 1 is 1.19 bits per heavy atom. The number of aliphatic carboxylic acids is 1. The van der Waals surface area contributed by atoms with Gasteiger partial charge in [0.2, 0.25) is 0 Å². The molecule has 0 spiro atoms. The van der Waals surface area contributed by atoms with Gasteiger partial charge in [0, 0.05) is 32.2 Å². The van der Waals surface area contributed by atoms with Crippen molar-refractivity contribution in [3.05, 3.63) is 29.8 Å². The first-order chi connectivity index (χ1) is 12.9. The summed E-state index contributed by atoms with van der Waals surface area (Å²) in [6.07, 6.45) is 2.92. The summed E-state index contributed by atoms with van der Waals surface area (Å²) < 4.78 is 27.9. The molecule has 2 saturated heterocycles. The van der Waals surface area contributed by atoms with Gasteiger partial charge in [-0.05, 0) is 37.3 Å². The summed E-state index contributed by atoms with van der Waals surface area (Å²) in [7, 11) is 0. The topological polar surface area (TPSA) is 72.9 Å². The lowest BCUT2D eigenvalue weighted by atomic mass is 9.81. The summed E-state index contributed by atoms with van der Waals surface area (Å²) in [5.41, 5.74) is -0.871. The van der Waals surface area contributed by atoms with Gasteiger partial charge in [0.25, 0.3) is 0 Å². The monoisotopic (exact) mass is 379 g/mol. The smallest absolute Gasteiger partial charge is 0.317 e. The summed E-state index contributed by atoms with van der Waals surface area (Å²) in [5.74, 6) is -2.04. The number of rotatable bonds is 3. The number of nitrogens with one attached hydrogen (secondary N) is 1. The lowest BCUT2D eigenvalue weighted by molar-refractivity contribution is -0.149. The quantitative estimate of drug-likeness (QED) is 0.846. The summed E-state index contributed by atoms with van der Waals surface area (Å²) >= 11 is 0. The molecule has 8 heteroatoms. The van der Waals surface area contributed by atoms with Gasteiger partial charge >= 0.3 is 12.0 Å². The maximum atomic E-state index is 14.0. The Bertz CT molecular complexity index is 754. The van der Waals surface area contributed by atoms with E-state index in [2.05, 4.69) is 5.32 Å². The van der Waals surface area contributed by atoms with E-state index in [9.17, 15) is 23.5 Å².